The molecule has 0 atom stereocenters. The number of esters is 1. The van der Waals surface area contributed by atoms with E-state index in [1.165, 1.54) is 12.1 Å². The minimum absolute atomic E-state index is 0.173. The van der Waals surface area contributed by atoms with Crippen LogP contribution in [0, 0.1) is 0 Å². The van der Waals surface area contributed by atoms with E-state index in [-0.39, 0.29) is 23.2 Å². The van der Waals surface area contributed by atoms with Gasteiger partial charge < -0.3 is 19.3 Å². The van der Waals surface area contributed by atoms with Crippen molar-refractivity contribution in [2.75, 3.05) is 13.2 Å². The SMILES string of the molecule is C=CCc1cc(/C=C2/SC(=O)N(CC(=O)OC(C)C)C2=O)cc(OCC)c1OCc1ccc(C(=O)O)cc1. The number of thioether (sulfide) groups is 1. The molecule has 0 saturated carbocycles. The molecule has 0 radical (unpaired) electrons. The van der Waals surface area contributed by atoms with Crippen molar-refractivity contribution in [3.63, 3.8) is 0 Å². The van der Waals surface area contributed by atoms with Gasteiger partial charge in [0.05, 0.1) is 23.2 Å². The highest BCUT2D eigenvalue weighted by Crippen LogP contribution is 2.37. The highest BCUT2D eigenvalue weighted by molar-refractivity contribution is 8.18. The van der Waals surface area contributed by atoms with E-state index in [1.807, 2.05) is 13.0 Å². The number of amides is 2. The third-order valence-electron chi connectivity index (χ3n) is 5.23. The van der Waals surface area contributed by atoms with Crippen molar-refractivity contribution in [1.82, 2.24) is 4.90 Å². The molecule has 3 rings (SSSR count). The van der Waals surface area contributed by atoms with E-state index in [2.05, 4.69) is 6.58 Å². The summed E-state index contributed by atoms with van der Waals surface area (Å²) >= 11 is 0.748. The maximum atomic E-state index is 12.9. The van der Waals surface area contributed by atoms with Crippen molar-refractivity contribution in [1.29, 1.82) is 0 Å². The van der Waals surface area contributed by atoms with Crippen LogP contribution in [0.4, 0.5) is 4.79 Å². The molecule has 2 amide bonds. The highest BCUT2D eigenvalue weighted by atomic mass is 32.2. The molecule has 0 spiro atoms. The average molecular weight is 540 g/mol. The molecular weight excluding hydrogens is 510 g/mol. The number of carboxylic acid groups (broad SMARTS) is 1. The monoisotopic (exact) mass is 539 g/mol. The van der Waals surface area contributed by atoms with Crippen molar-refractivity contribution in [2.45, 2.75) is 39.9 Å². The van der Waals surface area contributed by atoms with Crippen molar-refractivity contribution in [3.05, 3.63) is 76.2 Å². The maximum Gasteiger partial charge on any atom is 0.335 e. The minimum atomic E-state index is -1.01. The van der Waals surface area contributed by atoms with Gasteiger partial charge in [0.25, 0.3) is 11.1 Å². The van der Waals surface area contributed by atoms with Gasteiger partial charge in [-0.25, -0.2) is 4.79 Å². The number of carboxylic acids is 1. The van der Waals surface area contributed by atoms with Gasteiger partial charge >= 0.3 is 11.9 Å². The Kier molecular flexibility index (Phi) is 9.72. The van der Waals surface area contributed by atoms with Crippen LogP contribution in [0.15, 0.2) is 54.0 Å². The van der Waals surface area contributed by atoms with Gasteiger partial charge in [-0.15, -0.1) is 6.58 Å². The lowest BCUT2D eigenvalue weighted by atomic mass is 10.0. The molecule has 9 nitrogen and oxygen atoms in total. The molecule has 10 heteroatoms. The molecule has 1 aliphatic rings. The fraction of sp³-hybridized carbons (Fsp3) is 0.286. The predicted molar refractivity (Wildman–Crippen MR) is 143 cm³/mol. The van der Waals surface area contributed by atoms with Crippen LogP contribution in [0.25, 0.3) is 6.08 Å². The van der Waals surface area contributed by atoms with E-state index in [4.69, 9.17) is 19.3 Å². The molecule has 1 N–H and O–H groups in total. The molecule has 1 saturated heterocycles. The average Bonchev–Trinajstić information content (AvgIpc) is 3.11. The molecule has 38 heavy (non-hydrogen) atoms. The summed E-state index contributed by atoms with van der Waals surface area (Å²) in [6, 6.07) is 9.90. The van der Waals surface area contributed by atoms with Gasteiger partial charge in [-0.05, 0) is 80.4 Å². The number of hydrogen-bond donors (Lipinski definition) is 1. The zero-order valence-corrected chi connectivity index (χ0v) is 22.2. The lowest BCUT2D eigenvalue weighted by Gasteiger charge is -2.17. The van der Waals surface area contributed by atoms with E-state index >= 15 is 0 Å². The first-order valence-electron chi connectivity index (χ1n) is 11.9. The van der Waals surface area contributed by atoms with Crippen LogP contribution in [0.3, 0.4) is 0 Å². The molecule has 2 aromatic rings. The van der Waals surface area contributed by atoms with Crippen molar-refractivity contribution in [3.8, 4) is 11.5 Å². The number of imide groups is 1. The number of carbonyl (C=O) groups is 4. The summed E-state index contributed by atoms with van der Waals surface area (Å²) in [6.45, 7) is 9.09. The molecule has 0 bridgehead atoms. The Hall–Kier alpha value is -4.05. The molecule has 1 fully saturated rings. The summed E-state index contributed by atoms with van der Waals surface area (Å²) < 4.78 is 17.0. The first-order valence-corrected chi connectivity index (χ1v) is 12.7. The number of nitrogens with zero attached hydrogens (tertiary/aromatic N) is 1. The first-order chi connectivity index (χ1) is 18.1. The number of aromatic carboxylic acids is 1. The summed E-state index contributed by atoms with van der Waals surface area (Å²) in [5, 5.41) is 8.54. The maximum absolute atomic E-state index is 12.9. The van der Waals surface area contributed by atoms with Crippen LogP contribution < -0.4 is 9.47 Å². The number of carbonyl (C=O) groups excluding carboxylic acids is 3. The summed E-state index contributed by atoms with van der Waals surface area (Å²) in [5.41, 5.74) is 2.32. The Morgan fingerprint density at radius 3 is 2.45 bits per heavy atom. The molecule has 0 aliphatic carbocycles. The summed E-state index contributed by atoms with van der Waals surface area (Å²) in [6.07, 6.45) is 3.36. The second-order valence-electron chi connectivity index (χ2n) is 8.53. The number of benzene rings is 2. The Labute approximate surface area is 225 Å². The molecule has 2 aromatic carbocycles. The van der Waals surface area contributed by atoms with Crippen LogP contribution in [-0.2, 0) is 27.4 Å². The van der Waals surface area contributed by atoms with E-state index in [0.29, 0.717) is 30.1 Å². The third-order valence-corrected chi connectivity index (χ3v) is 6.14. The molecule has 0 unspecified atom stereocenters. The minimum Gasteiger partial charge on any atom is -0.490 e. The Bertz CT molecular complexity index is 1270. The smallest absolute Gasteiger partial charge is 0.335 e. The summed E-state index contributed by atoms with van der Waals surface area (Å²) in [4.78, 5) is 49.4. The standard InChI is InChI=1S/C28H29NO8S/c1-5-7-21-12-19(14-23-26(31)29(28(34)38-23)15-24(30)37-17(3)4)13-22(35-6-2)25(21)36-16-18-8-10-20(11-9-18)27(32)33/h5,8-14,17H,1,6-7,15-16H2,2-4H3,(H,32,33)/b23-14+. The van der Waals surface area contributed by atoms with Crippen LogP contribution in [-0.4, -0.2) is 52.3 Å². The summed E-state index contributed by atoms with van der Waals surface area (Å²) in [5.74, 6) is -1.30. The number of rotatable bonds is 12. The van der Waals surface area contributed by atoms with E-state index in [1.54, 1.807) is 44.2 Å². The highest BCUT2D eigenvalue weighted by Gasteiger charge is 2.37. The fourth-order valence-corrected chi connectivity index (χ4v) is 4.45. The molecule has 200 valence electrons. The van der Waals surface area contributed by atoms with Crippen molar-refractivity contribution >= 4 is 40.9 Å². The van der Waals surface area contributed by atoms with E-state index in [9.17, 15) is 19.2 Å². The lowest BCUT2D eigenvalue weighted by Crippen LogP contribution is -2.35. The van der Waals surface area contributed by atoms with Gasteiger partial charge in [0.1, 0.15) is 13.2 Å². The zero-order chi connectivity index (χ0) is 27.8. The van der Waals surface area contributed by atoms with Gasteiger partial charge in [-0.3, -0.25) is 19.3 Å². The third kappa shape index (κ3) is 7.25. The van der Waals surface area contributed by atoms with Gasteiger partial charge in [0, 0.05) is 5.56 Å². The second kappa shape index (κ2) is 13.0. The second-order valence-corrected chi connectivity index (χ2v) is 9.52. The topological polar surface area (TPSA) is 119 Å². The Balaban J connectivity index is 1.87. The first kappa shape index (κ1) is 28.5. The van der Waals surface area contributed by atoms with E-state index in [0.717, 1.165) is 27.8 Å². The van der Waals surface area contributed by atoms with Crippen LogP contribution in [0.5, 0.6) is 11.5 Å². The molecule has 1 aliphatic heterocycles. The lowest BCUT2D eigenvalue weighted by molar-refractivity contribution is -0.149. The van der Waals surface area contributed by atoms with Gasteiger partial charge in [-0.1, -0.05) is 18.2 Å². The zero-order valence-electron chi connectivity index (χ0n) is 21.4. The number of ether oxygens (including phenoxy) is 3. The number of hydrogen-bond acceptors (Lipinski definition) is 8. The van der Waals surface area contributed by atoms with Crippen LogP contribution in [0.2, 0.25) is 0 Å². The van der Waals surface area contributed by atoms with Crippen LogP contribution in [0.1, 0.15) is 47.8 Å². The fourth-order valence-electron chi connectivity index (χ4n) is 3.62. The normalized spacial score (nSPS) is 14.2. The van der Waals surface area contributed by atoms with Gasteiger partial charge in [0.15, 0.2) is 11.5 Å². The van der Waals surface area contributed by atoms with E-state index < -0.39 is 29.6 Å². The van der Waals surface area contributed by atoms with Crippen LogP contribution >= 0.6 is 11.8 Å². The van der Waals surface area contributed by atoms with Crippen molar-refractivity contribution < 1.29 is 38.5 Å². The molecular formula is C28H29NO8S. The Morgan fingerprint density at radius 1 is 1.13 bits per heavy atom. The Morgan fingerprint density at radius 2 is 1.84 bits per heavy atom. The predicted octanol–water partition coefficient (Wildman–Crippen LogP) is 5.08. The number of allylic oxidation sites excluding steroid dienone is 1. The quantitative estimate of drug-likeness (QED) is 0.224. The van der Waals surface area contributed by atoms with Gasteiger partial charge in [0.2, 0.25) is 0 Å². The molecule has 0 aromatic heterocycles. The molecule has 1 heterocycles. The van der Waals surface area contributed by atoms with Gasteiger partial charge in [-0.2, -0.15) is 0 Å². The summed E-state index contributed by atoms with van der Waals surface area (Å²) in [7, 11) is 0. The van der Waals surface area contributed by atoms with Crippen molar-refractivity contribution in [2.24, 2.45) is 0 Å². The largest absolute Gasteiger partial charge is 0.490 e.